The Morgan fingerprint density at radius 2 is 2.40 bits per heavy atom. The highest BCUT2D eigenvalue weighted by molar-refractivity contribution is 5.37. The first-order valence-electron chi connectivity index (χ1n) is 7.12. The Bertz CT molecular complexity index is 632. The standard InChI is InChI=1S/C15H19N3O2/c19-15-10-12(17-14-5-1-2-8-18(14)15)11-16-7-6-13-4-3-9-20-13/h1-2,5,8,10,13,16H,3-4,6-7,9,11H2. The van der Waals surface area contributed by atoms with Gasteiger partial charge in [0.25, 0.3) is 5.56 Å². The molecular formula is C15H19N3O2. The third-order valence-electron chi connectivity index (χ3n) is 3.60. The Labute approximate surface area is 117 Å². The summed E-state index contributed by atoms with van der Waals surface area (Å²) in [5.74, 6) is 0. The Kier molecular flexibility index (Phi) is 4.08. The van der Waals surface area contributed by atoms with Crippen molar-refractivity contribution in [3.63, 3.8) is 0 Å². The van der Waals surface area contributed by atoms with Crippen LogP contribution < -0.4 is 10.9 Å². The molecule has 5 nitrogen and oxygen atoms in total. The number of hydrogen-bond acceptors (Lipinski definition) is 4. The van der Waals surface area contributed by atoms with E-state index in [1.807, 2.05) is 18.2 Å². The molecule has 0 bridgehead atoms. The van der Waals surface area contributed by atoms with Crippen molar-refractivity contribution in [2.45, 2.75) is 31.9 Å². The molecule has 0 spiro atoms. The largest absolute Gasteiger partial charge is 0.378 e. The molecule has 0 aromatic carbocycles. The molecule has 2 aromatic heterocycles. The number of fused-ring (bicyclic) bond motifs is 1. The maximum Gasteiger partial charge on any atom is 0.258 e. The van der Waals surface area contributed by atoms with Crippen molar-refractivity contribution in [1.82, 2.24) is 14.7 Å². The van der Waals surface area contributed by atoms with Crippen LogP contribution in [0.5, 0.6) is 0 Å². The molecule has 1 aliphatic rings. The average Bonchev–Trinajstić information content (AvgIpc) is 2.97. The number of rotatable bonds is 5. The molecule has 1 saturated heterocycles. The van der Waals surface area contributed by atoms with Gasteiger partial charge in [-0.05, 0) is 37.9 Å². The van der Waals surface area contributed by atoms with Gasteiger partial charge in [-0.2, -0.15) is 0 Å². The summed E-state index contributed by atoms with van der Waals surface area (Å²) in [6.07, 6.45) is 5.49. The van der Waals surface area contributed by atoms with E-state index in [0.717, 1.165) is 31.7 Å². The summed E-state index contributed by atoms with van der Waals surface area (Å²) in [5, 5.41) is 3.33. The molecule has 2 aromatic rings. The van der Waals surface area contributed by atoms with E-state index in [-0.39, 0.29) is 5.56 Å². The van der Waals surface area contributed by atoms with Crippen molar-refractivity contribution in [3.05, 3.63) is 46.5 Å². The molecule has 3 heterocycles. The fourth-order valence-electron chi connectivity index (χ4n) is 2.55. The van der Waals surface area contributed by atoms with Crippen LogP contribution in [0, 0.1) is 0 Å². The normalized spacial score (nSPS) is 18.7. The topological polar surface area (TPSA) is 55.6 Å². The van der Waals surface area contributed by atoms with Gasteiger partial charge in [-0.3, -0.25) is 9.20 Å². The monoisotopic (exact) mass is 273 g/mol. The first-order valence-corrected chi connectivity index (χ1v) is 7.12. The summed E-state index contributed by atoms with van der Waals surface area (Å²) in [7, 11) is 0. The van der Waals surface area contributed by atoms with Crippen LogP contribution in [-0.4, -0.2) is 28.6 Å². The van der Waals surface area contributed by atoms with Gasteiger partial charge in [-0.1, -0.05) is 6.07 Å². The third kappa shape index (κ3) is 3.05. The molecule has 1 fully saturated rings. The van der Waals surface area contributed by atoms with Crippen LogP contribution in [-0.2, 0) is 11.3 Å². The van der Waals surface area contributed by atoms with E-state index in [2.05, 4.69) is 10.3 Å². The maximum absolute atomic E-state index is 11.9. The predicted molar refractivity (Wildman–Crippen MR) is 76.8 cm³/mol. The van der Waals surface area contributed by atoms with Crippen LogP contribution in [0.1, 0.15) is 25.0 Å². The molecule has 20 heavy (non-hydrogen) atoms. The van der Waals surface area contributed by atoms with Crippen LogP contribution in [0.25, 0.3) is 5.65 Å². The fourth-order valence-corrected chi connectivity index (χ4v) is 2.55. The van der Waals surface area contributed by atoms with Gasteiger partial charge in [-0.15, -0.1) is 0 Å². The number of hydrogen-bond donors (Lipinski definition) is 1. The second kappa shape index (κ2) is 6.15. The van der Waals surface area contributed by atoms with Crippen LogP contribution in [0.15, 0.2) is 35.3 Å². The van der Waals surface area contributed by atoms with E-state index in [9.17, 15) is 4.79 Å². The Morgan fingerprint density at radius 3 is 3.25 bits per heavy atom. The lowest BCUT2D eigenvalue weighted by Gasteiger charge is -2.10. The van der Waals surface area contributed by atoms with Crippen molar-refractivity contribution in [2.75, 3.05) is 13.2 Å². The van der Waals surface area contributed by atoms with Gasteiger partial charge in [0.1, 0.15) is 5.65 Å². The molecule has 0 saturated carbocycles. The Hall–Kier alpha value is -1.72. The Balaban J connectivity index is 1.58. The quantitative estimate of drug-likeness (QED) is 0.836. The maximum atomic E-state index is 11.9. The van der Waals surface area contributed by atoms with E-state index < -0.39 is 0 Å². The summed E-state index contributed by atoms with van der Waals surface area (Å²) in [4.78, 5) is 16.4. The summed E-state index contributed by atoms with van der Waals surface area (Å²) >= 11 is 0. The van der Waals surface area contributed by atoms with Gasteiger partial charge in [0.05, 0.1) is 11.8 Å². The van der Waals surface area contributed by atoms with E-state index in [0.29, 0.717) is 18.3 Å². The minimum absolute atomic E-state index is 0.0356. The lowest BCUT2D eigenvalue weighted by atomic mass is 10.2. The second-order valence-corrected chi connectivity index (χ2v) is 5.12. The van der Waals surface area contributed by atoms with Crippen LogP contribution in [0.3, 0.4) is 0 Å². The van der Waals surface area contributed by atoms with Crippen molar-refractivity contribution in [1.29, 1.82) is 0 Å². The minimum Gasteiger partial charge on any atom is -0.378 e. The van der Waals surface area contributed by atoms with E-state index >= 15 is 0 Å². The zero-order valence-electron chi connectivity index (χ0n) is 11.4. The van der Waals surface area contributed by atoms with E-state index in [1.165, 1.54) is 6.42 Å². The molecule has 106 valence electrons. The number of pyridine rings is 1. The molecule has 1 aliphatic heterocycles. The van der Waals surface area contributed by atoms with Crippen molar-refractivity contribution in [3.8, 4) is 0 Å². The lowest BCUT2D eigenvalue weighted by molar-refractivity contribution is 0.104. The number of aromatic nitrogens is 2. The number of ether oxygens (including phenoxy) is 1. The predicted octanol–water partition coefficient (Wildman–Crippen LogP) is 1.35. The minimum atomic E-state index is -0.0356. The highest BCUT2D eigenvalue weighted by Crippen LogP contribution is 2.14. The summed E-state index contributed by atoms with van der Waals surface area (Å²) < 4.78 is 7.12. The van der Waals surface area contributed by atoms with Crippen LogP contribution >= 0.6 is 0 Å². The van der Waals surface area contributed by atoms with Gasteiger partial charge in [-0.25, -0.2) is 4.98 Å². The van der Waals surface area contributed by atoms with Crippen LogP contribution in [0.2, 0.25) is 0 Å². The van der Waals surface area contributed by atoms with Crippen molar-refractivity contribution in [2.24, 2.45) is 0 Å². The molecular weight excluding hydrogens is 254 g/mol. The number of nitrogens with one attached hydrogen (secondary N) is 1. The van der Waals surface area contributed by atoms with Gasteiger partial charge in [0.2, 0.25) is 0 Å². The first-order chi connectivity index (χ1) is 9.83. The van der Waals surface area contributed by atoms with Gasteiger partial charge >= 0.3 is 0 Å². The molecule has 0 aliphatic carbocycles. The average molecular weight is 273 g/mol. The van der Waals surface area contributed by atoms with Crippen LogP contribution in [0.4, 0.5) is 0 Å². The highest BCUT2D eigenvalue weighted by atomic mass is 16.5. The molecule has 1 atom stereocenters. The Morgan fingerprint density at radius 1 is 1.45 bits per heavy atom. The fraction of sp³-hybridized carbons (Fsp3) is 0.467. The smallest absolute Gasteiger partial charge is 0.258 e. The van der Waals surface area contributed by atoms with Gasteiger partial charge in [0.15, 0.2) is 0 Å². The van der Waals surface area contributed by atoms with Crippen molar-refractivity contribution >= 4 is 5.65 Å². The summed E-state index contributed by atoms with van der Waals surface area (Å²) in [5.41, 5.74) is 1.44. The van der Waals surface area contributed by atoms with E-state index in [1.54, 1.807) is 16.7 Å². The molecule has 3 rings (SSSR count). The molecule has 0 amide bonds. The zero-order valence-corrected chi connectivity index (χ0v) is 11.4. The summed E-state index contributed by atoms with van der Waals surface area (Å²) in [6.45, 7) is 2.40. The van der Waals surface area contributed by atoms with Gasteiger partial charge in [0, 0.05) is 25.4 Å². The second-order valence-electron chi connectivity index (χ2n) is 5.12. The first kappa shape index (κ1) is 13.3. The number of nitrogens with zero attached hydrogens (tertiary/aromatic N) is 2. The third-order valence-corrected chi connectivity index (χ3v) is 3.60. The molecule has 0 radical (unpaired) electrons. The highest BCUT2D eigenvalue weighted by Gasteiger charge is 2.14. The van der Waals surface area contributed by atoms with E-state index in [4.69, 9.17) is 4.74 Å². The summed E-state index contributed by atoms with van der Waals surface area (Å²) in [6, 6.07) is 7.15. The van der Waals surface area contributed by atoms with Crippen molar-refractivity contribution < 1.29 is 4.74 Å². The molecule has 1 unspecified atom stereocenters. The zero-order chi connectivity index (χ0) is 13.8. The molecule has 5 heteroatoms. The molecule has 1 N–H and O–H groups in total. The van der Waals surface area contributed by atoms with Gasteiger partial charge < -0.3 is 10.1 Å². The SMILES string of the molecule is O=c1cc(CNCCC2CCCO2)nc2ccccn12. The lowest BCUT2D eigenvalue weighted by Crippen LogP contribution is -2.22.